The number of nitrogens with one attached hydrogen (secondary N) is 1. The Morgan fingerprint density at radius 2 is 1.84 bits per heavy atom. The van der Waals surface area contributed by atoms with E-state index in [1.165, 1.54) is 18.4 Å². The summed E-state index contributed by atoms with van der Waals surface area (Å²) < 4.78 is 2.00. The predicted octanol–water partition coefficient (Wildman–Crippen LogP) is 2.60. The van der Waals surface area contributed by atoms with E-state index in [-0.39, 0.29) is 12.1 Å². The Kier molecular flexibility index (Phi) is 5.89. The normalized spacial score (nSPS) is 17.8. The minimum absolute atomic E-state index is 0.158. The second-order valence-electron chi connectivity index (χ2n) is 7.12. The van der Waals surface area contributed by atoms with E-state index in [1.54, 1.807) is 0 Å². The maximum absolute atomic E-state index is 10.3. The number of aliphatic hydroxyl groups excluding tert-OH is 1. The van der Waals surface area contributed by atoms with Gasteiger partial charge in [0, 0.05) is 30.4 Å². The number of nitrogens with zero attached hydrogens (tertiary/aromatic N) is 3. The van der Waals surface area contributed by atoms with Crippen molar-refractivity contribution in [3.05, 3.63) is 47.3 Å². The molecule has 5 nitrogen and oxygen atoms in total. The molecule has 3 rings (SSSR count). The van der Waals surface area contributed by atoms with E-state index >= 15 is 0 Å². The molecule has 0 aliphatic carbocycles. The number of benzene rings is 1. The molecule has 1 fully saturated rings. The molecule has 1 aliphatic heterocycles. The summed E-state index contributed by atoms with van der Waals surface area (Å²) in [5.74, 6) is 0. The molecule has 25 heavy (non-hydrogen) atoms. The summed E-state index contributed by atoms with van der Waals surface area (Å²) in [7, 11) is 0. The van der Waals surface area contributed by atoms with Gasteiger partial charge in [-0.05, 0) is 58.8 Å². The molecular weight excluding hydrogens is 312 g/mol. The molecule has 136 valence electrons. The third-order valence-corrected chi connectivity index (χ3v) is 5.11. The van der Waals surface area contributed by atoms with Crippen molar-refractivity contribution in [3.63, 3.8) is 0 Å². The Balaban J connectivity index is 1.63. The first-order valence-electron chi connectivity index (χ1n) is 9.31. The minimum Gasteiger partial charge on any atom is -0.390 e. The Bertz CT molecular complexity index is 677. The number of aliphatic hydroxyl groups is 1. The molecule has 0 radical (unpaired) electrons. The van der Waals surface area contributed by atoms with Crippen molar-refractivity contribution >= 4 is 0 Å². The van der Waals surface area contributed by atoms with Crippen LogP contribution in [-0.2, 0) is 0 Å². The van der Waals surface area contributed by atoms with Crippen LogP contribution in [0.3, 0.4) is 0 Å². The van der Waals surface area contributed by atoms with Crippen LogP contribution in [0.2, 0.25) is 0 Å². The van der Waals surface area contributed by atoms with Crippen molar-refractivity contribution in [2.45, 2.75) is 45.8 Å². The molecule has 1 aliphatic rings. The predicted molar refractivity (Wildman–Crippen MR) is 101 cm³/mol. The summed E-state index contributed by atoms with van der Waals surface area (Å²) in [4.78, 5) is 2.35. The van der Waals surface area contributed by atoms with E-state index in [1.807, 2.05) is 22.9 Å². The van der Waals surface area contributed by atoms with Gasteiger partial charge in [0.05, 0.1) is 17.5 Å². The number of rotatable bonds is 7. The highest BCUT2D eigenvalue weighted by molar-refractivity contribution is 5.38. The molecule has 0 amide bonds. The third kappa shape index (κ3) is 4.29. The molecule has 2 heterocycles. The van der Waals surface area contributed by atoms with Gasteiger partial charge >= 0.3 is 0 Å². The van der Waals surface area contributed by atoms with Crippen LogP contribution in [0.15, 0.2) is 30.3 Å². The van der Waals surface area contributed by atoms with Crippen LogP contribution in [-0.4, -0.2) is 52.1 Å². The van der Waals surface area contributed by atoms with Crippen molar-refractivity contribution in [1.29, 1.82) is 0 Å². The molecule has 1 aromatic carbocycles. The number of aromatic nitrogens is 2. The Morgan fingerprint density at radius 1 is 1.16 bits per heavy atom. The SMILES string of the molecule is Cc1nn(-c2ccccc2)c(C)c1C(C)NCC(O)CN1CCCC1. The lowest BCUT2D eigenvalue weighted by molar-refractivity contribution is 0.121. The lowest BCUT2D eigenvalue weighted by atomic mass is 10.1. The summed E-state index contributed by atoms with van der Waals surface area (Å²) in [6, 6.07) is 10.4. The zero-order valence-electron chi connectivity index (χ0n) is 15.6. The van der Waals surface area contributed by atoms with Crippen LogP contribution in [0.1, 0.15) is 42.8 Å². The first-order chi connectivity index (χ1) is 12.1. The Labute approximate surface area is 150 Å². The van der Waals surface area contributed by atoms with Gasteiger partial charge in [-0.25, -0.2) is 4.68 Å². The summed E-state index contributed by atoms with van der Waals surface area (Å²) in [6.45, 7) is 9.92. The molecule has 0 bridgehead atoms. The van der Waals surface area contributed by atoms with Crippen LogP contribution in [0.25, 0.3) is 5.69 Å². The van der Waals surface area contributed by atoms with Crippen molar-refractivity contribution in [2.75, 3.05) is 26.2 Å². The van der Waals surface area contributed by atoms with Crippen molar-refractivity contribution in [1.82, 2.24) is 20.0 Å². The summed E-state index contributed by atoms with van der Waals surface area (Å²) in [6.07, 6.45) is 2.19. The van der Waals surface area contributed by atoms with E-state index in [0.29, 0.717) is 6.54 Å². The van der Waals surface area contributed by atoms with E-state index in [0.717, 1.165) is 36.7 Å². The lowest BCUT2D eigenvalue weighted by Crippen LogP contribution is -2.38. The maximum atomic E-state index is 10.3. The fraction of sp³-hybridized carbons (Fsp3) is 0.550. The molecule has 0 spiro atoms. The Morgan fingerprint density at radius 3 is 2.52 bits per heavy atom. The van der Waals surface area contributed by atoms with Gasteiger partial charge < -0.3 is 15.3 Å². The number of hydrogen-bond acceptors (Lipinski definition) is 4. The smallest absolute Gasteiger partial charge is 0.0791 e. The van der Waals surface area contributed by atoms with Crippen LogP contribution in [0.5, 0.6) is 0 Å². The van der Waals surface area contributed by atoms with E-state index in [4.69, 9.17) is 5.10 Å². The van der Waals surface area contributed by atoms with Gasteiger partial charge in [-0.1, -0.05) is 18.2 Å². The first-order valence-corrected chi connectivity index (χ1v) is 9.31. The minimum atomic E-state index is -0.328. The number of likely N-dealkylation sites (tertiary alicyclic amines) is 1. The molecule has 1 saturated heterocycles. The van der Waals surface area contributed by atoms with E-state index in [2.05, 4.69) is 43.1 Å². The van der Waals surface area contributed by atoms with Gasteiger partial charge in [-0.3, -0.25) is 0 Å². The number of para-hydroxylation sites is 1. The van der Waals surface area contributed by atoms with Crippen molar-refractivity contribution in [3.8, 4) is 5.69 Å². The zero-order chi connectivity index (χ0) is 17.8. The number of aryl methyl sites for hydroxylation is 1. The van der Waals surface area contributed by atoms with Crippen LogP contribution < -0.4 is 5.32 Å². The van der Waals surface area contributed by atoms with Gasteiger partial charge in [0.2, 0.25) is 0 Å². The summed E-state index contributed by atoms with van der Waals surface area (Å²) >= 11 is 0. The fourth-order valence-corrected chi connectivity index (χ4v) is 3.84. The van der Waals surface area contributed by atoms with Crippen LogP contribution in [0, 0.1) is 13.8 Å². The largest absolute Gasteiger partial charge is 0.390 e. The summed E-state index contributed by atoms with van der Waals surface area (Å²) in [5, 5.41) is 18.5. The van der Waals surface area contributed by atoms with Gasteiger partial charge in [-0.2, -0.15) is 5.10 Å². The maximum Gasteiger partial charge on any atom is 0.0791 e. The molecule has 5 heteroatoms. The van der Waals surface area contributed by atoms with Crippen molar-refractivity contribution in [2.24, 2.45) is 0 Å². The fourth-order valence-electron chi connectivity index (χ4n) is 3.84. The quantitative estimate of drug-likeness (QED) is 0.812. The lowest BCUT2D eigenvalue weighted by Gasteiger charge is -2.22. The first kappa shape index (κ1) is 18.1. The standard InChI is InChI=1S/C20H30N4O/c1-15(21-13-19(25)14-23-11-7-8-12-23)20-16(2)22-24(17(20)3)18-9-5-4-6-10-18/h4-6,9-10,15,19,21,25H,7-8,11-14H2,1-3H3. The average molecular weight is 342 g/mol. The molecule has 2 aromatic rings. The molecular formula is C20H30N4O. The highest BCUT2D eigenvalue weighted by atomic mass is 16.3. The topological polar surface area (TPSA) is 53.3 Å². The van der Waals surface area contributed by atoms with Gasteiger partial charge in [0.15, 0.2) is 0 Å². The molecule has 2 N–H and O–H groups in total. The van der Waals surface area contributed by atoms with E-state index < -0.39 is 0 Å². The third-order valence-electron chi connectivity index (χ3n) is 5.11. The van der Waals surface area contributed by atoms with Crippen LogP contribution in [0.4, 0.5) is 0 Å². The highest BCUT2D eigenvalue weighted by Gasteiger charge is 2.20. The molecule has 0 saturated carbocycles. The second-order valence-corrected chi connectivity index (χ2v) is 7.12. The van der Waals surface area contributed by atoms with E-state index in [9.17, 15) is 5.11 Å². The Hall–Kier alpha value is -1.69. The monoisotopic (exact) mass is 342 g/mol. The number of β-amino-alcohol motifs (C(OH)–C–C–N with tert-alkyl or cyclic N) is 1. The van der Waals surface area contributed by atoms with Crippen LogP contribution >= 0.6 is 0 Å². The molecule has 2 unspecified atom stereocenters. The number of hydrogen-bond donors (Lipinski definition) is 2. The second kappa shape index (κ2) is 8.13. The average Bonchev–Trinajstić information content (AvgIpc) is 3.21. The van der Waals surface area contributed by atoms with Gasteiger partial charge in [-0.15, -0.1) is 0 Å². The molecule has 1 aromatic heterocycles. The van der Waals surface area contributed by atoms with Gasteiger partial charge in [0.1, 0.15) is 0 Å². The highest BCUT2D eigenvalue weighted by Crippen LogP contribution is 2.24. The zero-order valence-corrected chi connectivity index (χ0v) is 15.6. The summed E-state index contributed by atoms with van der Waals surface area (Å²) in [5.41, 5.74) is 4.49. The molecule has 2 atom stereocenters. The van der Waals surface area contributed by atoms with Gasteiger partial charge in [0.25, 0.3) is 0 Å². The van der Waals surface area contributed by atoms with Crippen molar-refractivity contribution < 1.29 is 5.11 Å².